The van der Waals surface area contributed by atoms with Crippen LogP contribution < -0.4 is 0 Å². The minimum Gasteiger partial charge on any atom is -0.259 e. The molecule has 1 unspecified atom stereocenters. The van der Waals surface area contributed by atoms with Crippen LogP contribution in [-0.2, 0) is 10.8 Å². The van der Waals surface area contributed by atoms with E-state index in [0.717, 1.165) is 18.4 Å². The molecule has 0 N–H and O–H groups in total. The first kappa shape index (κ1) is 16.7. The first-order valence-corrected chi connectivity index (χ1v) is 9.52. The molecule has 0 amide bonds. The molecule has 4 nitrogen and oxygen atoms in total. The molecule has 1 atom stereocenters. The van der Waals surface area contributed by atoms with Gasteiger partial charge in [0.25, 0.3) is 0 Å². The maximum Gasteiger partial charge on any atom is 0.173 e. The lowest BCUT2D eigenvalue weighted by Gasteiger charge is -2.05. The highest BCUT2D eigenvalue weighted by atomic mass is 32.2. The van der Waals surface area contributed by atoms with Crippen molar-refractivity contribution in [1.29, 1.82) is 5.26 Å². The molecule has 0 radical (unpaired) electrons. The van der Waals surface area contributed by atoms with E-state index in [-0.39, 0.29) is 0 Å². The molecule has 0 fully saturated rings. The number of rotatable bonds is 7. The lowest BCUT2D eigenvalue weighted by molar-refractivity contribution is 0.682. The fourth-order valence-corrected chi connectivity index (χ4v) is 4.20. The molecule has 0 saturated heterocycles. The Balaban J connectivity index is 2.10. The van der Waals surface area contributed by atoms with Gasteiger partial charge in [-0.15, -0.1) is 0 Å². The summed E-state index contributed by atoms with van der Waals surface area (Å²) in [5.41, 5.74) is 1.89. The number of nitrogens with zero attached hydrogens (tertiary/aromatic N) is 3. The molecule has 1 heterocycles. The van der Waals surface area contributed by atoms with Gasteiger partial charge in [0.15, 0.2) is 5.69 Å². The molecule has 114 valence electrons. The SMILES string of the molecule is CCCCS(=O)CSc1ncc(-c2ccccc2)nc1C#N. The molecule has 0 aliphatic carbocycles. The van der Waals surface area contributed by atoms with Crippen LogP contribution in [0.1, 0.15) is 25.5 Å². The van der Waals surface area contributed by atoms with Crippen LogP contribution in [0.2, 0.25) is 0 Å². The summed E-state index contributed by atoms with van der Waals surface area (Å²) in [5, 5.41) is 10.3. The third kappa shape index (κ3) is 4.65. The highest BCUT2D eigenvalue weighted by Crippen LogP contribution is 2.23. The van der Waals surface area contributed by atoms with Crippen molar-refractivity contribution in [3.05, 3.63) is 42.2 Å². The first-order valence-electron chi connectivity index (χ1n) is 7.05. The molecule has 1 aromatic heterocycles. The van der Waals surface area contributed by atoms with E-state index in [1.54, 1.807) is 6.20 Å². The molecular formula is C16H17N3OS2. The van der Waals surface area contributed by atoms with Crippen molar-refractivity contribution in [1.82, 2.24) is 9.97 Å². The Morgan fingerprint density at radius 2 is 2.09 bits per heavy atom. The normalized spacial score (nSPS) is 11.8. The number of nitriles is 1. The zero-order chi connectivity index (χ0) is 15.8. The first-order chi connectivity index (χ1) is 10.7. The number of aromatic nitrogens is 2. The number of hydrogen-bond donors (Lipinski definition) is 0. The maximum absolute atomic E-state index is 11.8. The summed E-state index contributed by atoms with van der Waals surface area (Å²) in [4.78, 5) is 8.68. The molecule has 2 aromatic rings. The van der Waals surface area contributed by atoms with Gasteiger partial charge >= 0.3 is 0 Å². The third-order valence-corrected chi connectivity index (χ3v) is 5.81. The summed E-state index contributed by atoms with van der Waals surface area (Å²) in [6, 6.07) is 11.7. The second kappa shape index (κ2) is 8.66. The monoisotopic (exact) mass is 331 g/mol. The van der Waals surface area contributed by atoms with Gasteiger partial charge in [0.05, 0.1) is 17.0 Å². The van der Waals surface area contributed by atoms with Crippen LogP contribution >= 0.6 is 11.8 Å². The maximum atomic E-state index is 11.8. The van der Waals surface area contributed by atoms with Gasteiger partial charge in [0.2, 0.25) is 0 Å². The van der Waals surface area contributed by atoms with Gasteiger partial charge in [-0.1, -0.05) is 55.4 Å². The predicted octanol–water partition coefficient (Wildman–Crippen LogP) is 3.61. The zero-order valence-corrected chi connectivity index (χ0v) is 14.0. The van der Waals surface area contributed by atoms with Crippen LogP contribution in [0.3, 0.4) is 0 Å². The Kier molecular flexibility index (Phi) is 6.56. The minimum absolute atomic E-state index is 0.291. The Bertz CT molecular complexity index is 684. The topological polar surface area (TPSA) is 66.6 Å². The lowest BCUT2D eigenvalue weighted by atomic mass is 10.2. The summed E-state index contributed by atoms with van der Waals surface area (Å²) >= 11 is 1.34. The fraction of sp³-hybridized carbons (Fsp3) is 0.312. The molecule has 6 heteroatoms. The molecular weight excluding hydrogens is 314 g/mol. The van der Waals surface area contributed by atoms with Gasteiger partial charge < -0.3 is 0 Å². The lowest BCUT2D eigenvalue weighted by Crippen LogP contribution is -2.01. The van der Waals surface area contributed by atoms with Gasteiger partial charge in [-0.3, -0.25) is 4.21 Å². The molecule has 0 bridgehead atoms. The van der Waals surface area contributed by atoms with Crippen molar-refractivity contribution in [3.63, 3.8) is 0 Å². The van der Waals surface area contributed by atoms with E-state index in [1.165, 1.54) is 11.8 Å². The number of hydrogen-bond acceptors (Lipinski definition) is 5. The van der Waals surface area contributed by atoms with Crippen LogP contribution in [0.4, 0.5) is 0 Å². The zero-order valence-electron chi connectivity index (χ0n) is 12.4. The van der Waals surface area contributed by atoms with Gasteiger partial charge in [0.1, 0.15) is 11.1 Å². The summed E-state index contributed by atoms with van der Waals surface area (Å²) in [7, 11) is -0.886. The molecule has 0 saturated carbocycles. The van der Waals surface area contributed by atoms with Crippen molar-refractivity contribution in [2.45, 2.75) is 24.8 Å². The highest BCUT2D eigenvalue weighted by molar-refractivity contribution is 8.10. The van der Waals surface area contributed by atoms with Crippen molar-refractivity contribution in [2.24, 2.45) is 0 Å². The van der Waals surface area contributed by atoms with Crippen molar-refractivity contribution >= 4 is 22.6 Å². The predicted molar refractivity (Wildman–Crippen MR) is 90.8 cm³/mol. The average Bonchev–Trinajstić information content (AvgIpc) is 2.58. The van der Waals surface area contributed by atoms with E-state index in [9.17, 15) is 9.47 Å². The Labute approximate surface area is 137 Å². The number of unbranched alkanes of at least 4 members (excludes halogenated alkanes) is 1. The fourth-order valence-electron chi connectivity index (χ4n) is 1.79. The number of benzene rings is 1. The van der Waals surface area contributed by atoms with E-state index in [2.05, 4.69) is 23.0 Å². The van der Waals surface area contributed by atoms with E-state index in [1.807, 2.05) is 30.3 Å². The van der Waals surface area contributed by atoms with E-state index in [0.29, 0.717) is 27.3 Å². The second-order valence-electron chi connectivity index (χ2n) is 4.65. The molecule has 22 heavy (non-hydrogen) atoms. The molecule has 2 rings (SSSR count). The largest absolute Gasteiger partial charge is 0.259 e. The summed E-state index contributed by atoms with van der Waals surface area (Å²) in [6.07, 6.45) is 3.65. The van der Waals surface area contributed by atoms with Crippen LogP contribution in [0.25, 0.3) is 11.3 Å². The third-order valence-electron chi connectivity index (χ3n) is 2.97. The van der Waals surface area contributed by atoms with E-state index in [4.69, 9.17) is 0 Å². The van der Waals surface area contributed by atoms with E-state index < -0.39 is 10.8 Å². The van der Waals surface area contributed by atoms with Gasteiger partial charge in [-0.2, -0.15) is 5.26 Å². The standard InChI is InChI=1S/C16H17N3OS2/c1-2-3-9-22(20)12-21-16-14(10-17)19-15(11-18-16)13-7-5-4-6-8-13/h4-8,11H,2-3,9,12H2,1H3. The molecule has 0 spiro atoms. The van der Waals surface area contributed by atoms with Gasteiger partial charge in [-0.05, 0) is 6.42 Å². The Morgan fingerprint density at radius 3 is 2.77 bits per heavy atom. The van der Waals surface area contributed by atoms with E-state index >= 15 is 0 Å². The number of thioether (sulfide) groups is 1. The molecule has 0 aliphatic rings. The van der Waals surface area contributed by atoms with Crippen molar-refractivity contribution in [2.75, 3.05) is 10.8 Å². The Morgan fingerprint density at radius 1 is 1.32 bits per heavy atom. The quantitative estimate of drug-likeness (QED) is 0.725. The van der Waals surface area contributed by atoms with Crippen molar-refractivity contribution < 1.29 is 4.21 Å². The summed E-state index contributed by atoms with van der Waals surface area (Å²) in [5.74, 6) is 0.695. The Hall–Kier alpha value is -1.71. The van der Waals surface area contributed by atoms with Gasteiger partial charge in [-0.25, -0.2) is 9.97 Å². The van der Waals surface area contributed by atoms with Crippen LogP contribution in [0.15, 0.2) is 41.6 Å². The second-order valence-corrected chi connectivity index (χ2v) is 7.55. The smallest absolute Gasteiger partial charge is 0.173 e. The average molecular weight is 331 g/mol. The highest BCUT2D eigenvalue weighted by Gasteiger charge is 2.10. The summed E-state index contributed by atoms with van der Waals surface area (Å²) in [6.45, 7) is 2.08. The van der Waals surface area contributed by atoms with Crippen LogP contribution in [-0.4, -0.2) is 25.0 Å². The summed E-state index contributed by atoms with van der Waals surface area (Å²) < 4.78 is 11.8. The van der Waals surface area contributed by atoms with Gasteiger partial charge in [0, 0.05) is 22.1 Å². The minimum atomic E-state index is -0.886. The van der Waals surface area contributed by atoms with Crippen molar-refractivity contribution in [3.8, 4) is 17.3 Å². The molecule has 1 aromatic carbocycles. The van der Waals surface area contributed by atoms with Crippen LogP contribution in [0, 0.1) is 11.3 Å². The molecule has 0 aliphatic heterocycles. The van der Waals surface area contributed by atoms with Crippen LogP contribution in [0.5, 0.6) is 0 Å².